The molecular weight excluding hydrogens is 210 g/mol. The van der Waals surface area contributed by atoms with Crippen molar-refractivity contribution in [2.75, 3.05) is 0 Å². The number of unbranched alkanes of at least 4 members (excludes halogenated alkanes) is 1. The van der Waals surface area contributed by atoms with E-state index in [4.69, 9.17) is 4.74 Å². The Kier molecular flexibility index (Phi) is 3.82. The molecule has 1 unspecified atom stereocenters. The first-order chi connectivity index (χ1) is 7.54. The number of ether oxygens (including phenoxy) is 1. The molecule has 1 aliphatic rings. The zero-order valence-corrected chi connectivity index (χ0v) is 9.25. The maximum Gasteiger partial charge on any atom is 0.331 e. The zero-order valence-electron chi connectivity index (χ0n) is 9.25. The molecule has 2 amide bonds. The molecular formula is C11H15NO4. The molecule has 16 heavy (non-hydrogen) atoms. The summed E-state index contributed by atoms with van der Waals surface area (Å²) < 4.78 is 5.04. The lowest BCUT2D eigenvalue weighted by atomic mass is 9.94. The van der Waals surface area contributed by atoms with Gasteiger partial charge < -0.3 is 4.74 Å². The SMILES string of the molecule is C=CC(=O)OC1(CCCC)CC(=O)NC1=O. The van der Waals surface area contributed by atoms with Gasteiger partial charge >= 0.3 is 5.97 Å². The lowest BCUT2D eigenvalue weighted by Gasteiger charge is -2.24. The van der Waals surface area contributed by atoms with Gasteiger partial charge in [0.15, 0.2) is 5.60 Å². The largest absolute Gasteiger partial charge is 0.445 e. The van der Waals surface area contributed by atoms with E-state index in [0.717, 1.165) is 12.5 Å². The summed E-state index contributed by atoms with van der Waals surface area (Å²) in [4.78, 5) is 33.9. The van der Waals surface area contributed by atoms with Gasteiger partial charge in [-0.25, -0.2) is 4.79 Å². The fourth-order valence-corrected chi connectivity index (χ4v) is 1.66. The second-order valence-corrected chi connectivity index (χ2v) is 3.78. The van der Waals surface area contributed by atoms with E-state index >= 15 is 0 Å². The Morgan fingerprint density at radius 2 is 2.31 bits per heavy atom. The van der Waals surface area contributed by atoms with E-state index < -0.39 is 23.4 Å². The minimum Gasteiger partial charge on any atom is -0.445 e. The molecule has 1 rings (SSSR count). The molecule has 0 bridgehead atoms. The van der Waals surface area contributed by atoms with Crippen molar-refractivity contribution in [2.24, 2.45) is 0 Å². The van der Waals surface area contributed by atoms with E-state index in [1.165, 1.54) is 0 Å². The number of hydrogen-bond acceptors (Lipinski definition) is 4. The number of esters is 1. The Morgan fingerprint density at radius 1 is 1.62 bits per heavy atom. The molecule has 0 radical (unpaired) electrons. The third-order valence-electron chi connectivity index (χ3n) is 2.51. The number of amides is 2. The summed E-state index contributed by atoms with van der Waals surface area (Å²) in [7, 11) is 0. The molecule has 0 saturated carbocycles. The quantitative estimate of drug-likeness (QED) is 0.424. The highest BCUT2D eigenvalue weighted by Crippen LogP contribution is 2.28. The second kappa shape index (κ2) is 4.92. The minimum atomic E-state index is -1.32. The Balaban J connectivity index is 2.83. The van der Waals surface area contributed by atoms with Crippen molar-refractivity contribution in [3.8, 4) is 0 Å². The van der Waals surface area contributed by atoms with Gasteiger partial charge in [0.25, 0.3) is 5.91 Å². The predicted octanol–water partition coefficient (Wildman–Crippen LogP) is 0.691. The van der Waals surface area contributed by atoms with Gasteiger partial charge in [0.2, 0.25) is 5.91 Å². The first-order valence-electron chi connectivity index (χ1n) is 5.24. The van der Waals surface area contributed by atoms with Crippen LogP contribution in [0.25, 0.3) is 0 Å². The van der Waals surface area contributed by atoms with Crippen LogP contribution in [-0.4, -0.2) is 23.4 Å². The molecule has 1 heterocycles. The summed E-state index contributed by atoms with van der Waals surface area (Å²) in [6, 6.07) is 0. The summed E-state index contributed by atoms with van der Waals surface area (Å²) in [5.74, 6) is -1.61. The summed E-state index contributed by atoms with van der Waals surface area (Å²) in [5, 5.41) is 2.16. The first-order valence-corrected chi connectivity index (χ1v) is 5.24. The highest BCUT2D eigenvalue weighted by molar-refractivity contribution is 6.08. The summed E-state index contributed by atoms with van der Waals surface area (Å²) >= 11 is 0. The normalized spacial score (nSPS) is 24.1. The second-order valence-electron chi connectivity index (χ2n) is 3.78. The third kappa shape index (κ3) is 2.48. The highest BCUT2D eigenvalue weighted by Gasteiger charge is 2.49. The van der Waals surface area contributed by atoms with Crippen LogP contribution in [-0.2, 0) is 19.1 Å². The zero-order chi connectivity index (χ0) is 12.2. The monoisotopic (exact) mass is 225 g/mol. The maximum absolute atomic E-state index is 11.6. The van der Waals surface area contributed by atoms with Crippen LogP contribution in [0.2, 0.25) is 0 Å². The van der Waals surface area contributed by atoms with Crippen LogP contribution in [0.5, 0.6) is 0 Å². The lowest BCUT2D eigenvalue weighted by molar-refractivity contribution is -0.162. The molecule has 5 heteroatoms. The maximum atomic E-state index is 11.6. The number of carbonyl (C=O) groups is 3. The van der Waals surface area contributed by atoms with Crippen molar-refractivity contribution in [2.45, 2.75) is 38.2 Å². The Morgan fingerprint density at radius 3 is 2.75 bits per heavy atom. The topological polar surface area (TPSA) is 72.5 Å². The van der Waals surface area contributed by atoms with Crippen LogP contribution < -0.4 is 5.32 Å². The molecule has 0 spiro atoms. The molecule has 88 valence electrons. The fraction of sp³-hybridized carbons (Fsp3) is 0.545. The molecule has 0 aromatic rings. The van der Waals surface area contributed by atoms with Crippen molar-refractivity contribution in [3.05, 3.63) is 12.7 Å². The van der Waals surface area contributed by atoms with Crippen LogP contribution in [0, 0.1) is 0 Å². The van der Waals surface area contributed by atoms with Gasteiger partial charge in [-0.2, -0.15) is 0 Å². The van der Waals surface area contributed by atoms with E-state index in [1.807, 2.05) is 6.92 Å². The van der Waals surface area contributed by atoms with Gasteiger partial charge in [0, 0.05) is 6.08 Å². The average molecular weight is 225 g/mol. The van der Waals surface area contributed by atoms with Gasteiger partial charge in [-0.1, -0.05) is 19.9 Å². The smallest absolute Gasteiger partial charge is 0.331 e. The summed E-state index contributed by atoms with van der Waals surface area (Å²) in [5.41, 5.74) is -1.32. The number of imide groups is 1. The fourth-order valence-electron chi connectivity index (χ4n) is 1.66. The predicted molar refractivity (Wildman–Crippen MR) is 56.3 cm³/mol. The summed E-state index contributed by atoms with van der Waals surface area (Å²) in [6.45, 7) is 5.22. The molecule has 5 nitrogen and oxygen atoms in total. The first kappa shape index (κ1) is 12.4. The van der Waals surface area contributed by atoms with Gasteiger partial charge in [-0.05, 0) is 12.8 Å². The minimum absolute atomic E-state index is 0.0919. The Hall–Kier alpha value is -1.65. The molecule has 1 N–H and O–H groups in total. The molecule has 0 aliphatic carbocycles. The van der Waals surface area contributed by atoms with E-state index in [9.17, 15) is 14.4 Å². The lowest BCUT2D eigenvalue weighted by Crippen LogP contribution is -2.42. The van der Waals surface area contributed by atoms with Crippen molar-refractivity contribution >= 4 is 17.8 Å². The van der Waals surface area contributed by atoms with Gasteiger partial charge in [-0.15, -0.1) is 0 Å². The van der Waals surface area contributed by atoms with E-state index in [-0.39, 0.29) is 6.42 Å². The van der Waals surface area contributed by atoms with Crippen molar-refractivity contribution in [1.29, 1.82) is 0 Å². The van der Waals surface area contributed by atoms with Crippen molar-refractivity contribution in [3.63, 3.8) is 0 Å². The molecule has 1 aliphatic heterocycles. The molecule has 1 fully saturated rings. The van der Waals surface area contributed by atoms with Crippen LogP contribution in [0.3, 0.4) is 0 Å². The molecule has 0 aromatic carbocycles. The van der Waals surface area contributed by atoms with Crippen LogP contribution in [0.4, 0.5) is 0 Å². The van der Waals surface area contributed by atoms with E-state index in [1.54, 1.807) is 0 Å². The van der Waals surface area contributed by atoms with Crippen molar-refractivity contribution < 1.29 is 19.1 Å². The van der Waals surface area contributed by atoms with E-state index in [0.29, 0.717) is 12.8 Å². The van der Waals surface area contributed by atoms with Crippen molar-refractivity contribution in [1.82, 2.24) is 5.32 Å². The van der Waals surface area contributed by atoms with Gasteiger partial charge in [0.1, 0.15) is 0 Å². The third-order valence-corrected chi connectivity index (χ3v) is 2.51. The number of carbonyl (C=O) groups excluding carboxylic acids is 3. The standard InChI is InChI=1S/C11H15NO4/c1-3-5-6-11(16-9(14)4-2)7-8(13)12-10(11)15/h4H,2-3,5-7H2,1H3,(H,12,13,15). The number of rotatable bonds is 5. The Bertz CT molecular complexity index is 337. The van der Waals surface area contributed by atoms with Gasteiger partial charge in [-0.3, -0.25) is 14.9 Å². The van der Waals surface area contributed by atoms with Gasteiger partial charge in [0.05, 0.1) is 6.42 Å². The Labute approximate surface area is 93.8 Å². The molecule has 0 aromatic heterocycles. The average Bonchev–Trinajstić information content (AvgIpc) is 2.51. The summed E-state index contributed by atoms with van der Waals surface area (Å²) in [6.07, 6.45) is 2.83. The number of nitrogens with one attached hydrogen (secondary N) is 1. The van der Waals surface area contributed by atoms with Crippen LogP contribution in [0.15, 0.2) is 12.7 Å². The molecule has 1 saturated heterocycles. The molecule has 1 atom stereocenters. The number of hydrogen-bond donors (Lipinski definition) is 1. The van der Waals surface area contributed by atoms with E-state index in [2.05, 4.69) is 11.9 Å². The van der Waals surface area contributed by atoms with Crippen LogP contribution >= 0.6 is 0 Å². The van der Waals surface area contributed by atoms with Crippen LogP contribution in [0.1, 0.15) is 32.6 Å². The highest BCUT2D eigenvalue weighted by atomic mass is 16.6.